The molecule has 150 valence electrons. The van der Waals surface area contributed by atoms with Crippen LogP contribution in [0, 0.1) is 5.82 Å². The van der Waals surface area contributed by atoms with Crippen LogP contribution >= 0.6 is 24.0 Å². The molecule has 10 heteroatoms. The van der Waals surface area contributed by atoms with Crippen LogP contribution in [0.2, 0.25) is 0 Å². The third-order valence-corrected chi connectivity index (χ3v) is 5.42. The number of carboxylic acids is 2. The van der Waals surface area contributed by atoms with Crippen LogP contribution in [0.3, 0.4) is 0 Å². The first kappa shape index (κ1) is 20.7. The second kappa shape index (κ2) is 8.58. The normalized spacial score (nSPS) is 16.4. The van der Waals surface area contributed by atoms with E-state index >= 15 is 0 Å². The summed E-state index contributed by atoms with van der Waals surface area (Å²) in [4.78, 5) is 36.0. The van der Waals surface area contributed by atoms with Gasteiger partial charge in [-0.1, -0.05) is 36.1 Å². The Kier molecular flexibility index (Phi) is 6.14. The maximum atomic E-state index is 13.9. The van der Waals surface area contributed by atoms with E-state index < -0.39 is 36.1 Å². The fraction of sp³-hybridized carbons (Fsp3) is 0.158. The van der Waals surface area contributed by atoms with Crippen LogP contribution in [0.1, 0.15) is 18.6 Å². The fourth-order valence-corrected chi connectivity index (χ4v) is 4.07. The minimum Gasteiger partial charge on any atom is -0.481 e. The molecule has 1 saturated heterocycles. The quantitative estimate of drug-likeness (QED) is 0.502. The summed E-state index contributed by atoms with van der Waals surface area (Å²) in [5, 5.41) is 18.2. The van der Waals surface area contributed by atoms with Gasteiger partial charge in [0.05, 0.1) is 10.5 Å². The number of hydrogen-bond acceptors (Lipinski definition) is 6. The molecule has 0 spiro atoms. The number of hydrogen-bond donors (Lipinski definition) is 2. The lowest BCUT2D eigenvalue weighted by Crippen LogP contribution is -2.44. The van der Waals surface area contributed by atoms with Crippen LogP contribution in [0.4, 0.5) is 4.39 Å². The molecule has 0 aliphatic carbocycles. The van der Waals surface area contributed by atoms with Gasteiger partial charge in [0.2, 0.25) is 0 Å². The number of thiocarbonyl (C=S) groups is 1. The highest BCUT2D eigenvalue weighted by atomic mass is 32.2. The number of amides is 1. The smallest absolute Gasteiger partial charge is 0.326 e. The molecule has 2 aromatic rings. The van der Waals surface area contributed by atoms with Crippen molar-refractivity contribution >= 4 is 52.2 Å². The average molecular weight is 435 g/mol. The number of carbonyl (C=O) groups is 3. The summed E-state index contributed by atoms with van der Waals surface area (Å²) in [5.41, 5.74) is 0.263. The van der Waals surface area contributed by atoms with Gasteiger partial charge in [0.1, 0.15) is 27.7 Å². The molecule has 2 heterocycles. The lowest BCUT2D eigenvalue weighted by molar-refractivity contribution is -0.146. The first-order chi connectivity index (χ1) is 13.8. The Morgan fingerprint density at radius 1 is 1.24 bits per heavy atom. The van der Waals surface area contributed by atoms with Crippen molar-refractivity contribution in [3.8, 4) is 11.3 Å². The van der Waals surface area contributed by atoms with Gasteiger partial charge in [0.25, 0.3) is 5.91 Å². The molecule has 1 amide bonds. The third-order valence-electron chi connectivity index (χ3n) is 4.09. The third kappa shape index (κ3) is 4.54. The Balaban J connectivity index is 1.84. The van der Waals surface area contributed by atoms with E-state index in [1.807, 2.05) is 0 Å². The van der Waals surface area contributed by atoms with Crippen molar-refractivity contribution < 1.29 is 33.4 Å². The van der Waals surface area contributed by atoms with Gasteiger partial charge in [-0.05, 0) is 30.7 Å². The summed E-state index contributed by atoms with van der Waals surface area (Å²) in [5.74, 6) is -3.09. The predicted molar refractivity (Wildman–Crippen MR) is 107 cm³/mol. The van der Waals surface area contributed by atoms with Gasteiger partial charge < -0.3 is 14.6 Å². The van der Waals surface area contributed by atoms with E-state index in [0.717, 1.165) is 16.7 Å². The lowest BCUT2D eigenvalue weighted by atomic mass is 10.1. The number of nitrogens with zero attached hydrogens (tertiary/aromatic N) is 1. The standard InChI is InChI=1S/C19H14FNO6S2/c20-12-4-2-1-3-11(12)14-7-5-10(27-14)9-15-17(24)21(19(28)29-15)13(18(25)26)6-8-16(22)23/h1-5,7,9,13H,6,8H2,(H,22,23)(H,25,26)/b15-9+/t13-/m0/s1. The molecule has 0 radical (unpaired) electrons. The Morgan fingerprint density at radius 3 is 2.62 bits per heavy atom. The van der Waals surface area contributed by atoms with Crippen molar-refractivity contribution in [2.75, 3.05) is 0 Å². The molecule has 7 nitrogen and oxygen atoms in total. The Hall–Kier alpha value is -2.98. The highest BCUT2D eigenvalue weighted by Crippen LogP contribution is 2.36. The minimum atomic E-state index is -1.38. The van der Waals surface area contributed by atoms with Crippen molar-refractivity contribution in [1.29, 1.82) is 0 Å². The predicted octanol–water partition coefficient (Wildman–Crippen LogP) is 3.60. The largest absolute Gasteiger partial charge is 0.481 e. The first-order valence-corrected chi connectivity index (χ1v) is 9.57. The molecule has 0 bridgehead atoms. The van der Waals surface area contributed by atoms with Crippen LogP contribution in [0.5, 0.6) is 0 Å². The summed E-state index contributed by atoms with van der Waals surface area (Å²) in [6.07, 6.45) is 0.694. The van der Waals surface area contributed by atoms with Crippen molar-refractivity contribution in [1.82, 2.24) is 4.90 Å². The molecule has 3 rings (SSSR count). The van der Waals surface area contributed by atoms with Gasteiger partial charge in [-0.15, -0.1) is 0 Å². The number of rotatable bonds is 7. The minimum absolute atomic E-state index is 0.0138. The average Bonchev–Trinajstić information content (AvgIpc) is 3.22. The number of furan rings is 1. The summed E-state index contributed by atoms with van der Waals surface area (Å²) in [6.45, 7) is 0. The SMILES string of the molecule is O=C(O)CC[C@@H](C(=O)O)N1C(=O)/C(=C\c2ccc(-c3ccccc3F)o2)SC1=S. The second-order valence-electron chi connectivity index (χ2n) is 6.02. The molecular formula is C19H14FNO6S2. The first-order valence-electron chi connectivity index (χ1n) is 8.34. The molecule has 1 aromatic carbocycles. The Bertz CT molecular complexity index is 1030. The molecule has 29 heavy (non-hydrogen) atoms. The van der Waals surface area contributed by atoms with Crippen molar-refractivity contribution in [3.05, 3.63) is 52.9 Å². The van der Waals surface area contributed by atoms with Gasteiger partial charge in [-0.2, -0.15) is 0 Å². The number of benzene rings is 1. The summed E-state index contributed by atoms with van der Waals surface area (Å²) in [7, 11) is 0. The maximum absolute atomic E-state index is 13.9. The van der Waals surface area contributed by atoms with Gasteiger partial charge >= 0.3 is 11.9 Å². The summed E-state index contributed by atoms with van der Waals surface area (Å²) < 4.78 is 19.5. The fourth-order valence-electron chi connectivity index (χ4n) is 2.74. The highest BCUT2D eigenvalue weighted by molar-refractivity contribution is 8.26. The van der Waals surface area contributed by atoms with Gasteiger partial charge in [-0.3, -0.25) is 14.5 Å². The molecule has 1 aliphatic rings. The maximum Gasteiger partial charge on any atom is 0.326 e. The number of halogens is 1. The summed E-state index contributed by atoms with van der Waals surface area (Å²) in [6, 6.07) is 7.79. The van der Waals surface area contributed by atoms with E-state index in [1.54, 1.807) is 30.3 Å². The van der Waals surface area contributed by atoms with Crippen molar-refractivity contribution in [2.45, 2.75) is 18.9 Å². The zero-order valence-electron chi connectivity index (χ0n) is 14.7. The molecule has 2 N–H and O–H groups in total. The van der Waals surface area contributed by atoms with E-state index in [0.29, 0.717) is 0 Å². The Morgan fingerprint density at radius 2 is 1.97 bits per heavy atom. The van der Waals surface area contributed by atoms with Gasteiger partial charge in [0, 0.05) is 12.5 Å². The molecule has 1 fully saturated rings. The van der Waals surface area contributed by atoms with E-state index in [9.17, 15) is 23.9 Å². The molecule has 1 atom stereocenters. The van der Waals surface area contributed by atoms with E-state index in [1.165, 1.54) is 12.1 Å². The molecule has 1 aromatic heterocycles. The highest BCUT2D eigenvalue weighted by Gasteiger charge is 2.40. The van der Waals surface area contributed by atoms with Gasteiger partial charge in [0.15, 0.2) is 0 Å². The van der Waals surface area contributed by atoms with Crippen LogP contribution in [0.25, 0.3) is 17.4 Å². The molecule has 0 unspecified atom stereocenters. The molecule has 1 aliphatic heterocycles. The number of carbonyl (C=O) groups excluding carboxylic acids is 1. The van der Waals surface area contributed by atoms with Crippen LogP contribution in [-0.4, -0.2) is 43.3 Å². The monoisotopic (exact) mass is 435 g/mol. The topological polar surface area (TPSA) is 108 Å². The van der Waals surface area contributed by atoms with E-state index in [2.05, 4.69) is 0 Å². The molecule has 0 saturated carbocycles. The zero-order valence-corrected chi connectivity index (χ0v) is 16.3. The van der Waals surface area contributed by atoms with Crippen molar-refractivity contribution in [3.63, 3.8) is 0 Å². The van der Waals surface area contributed by atoms with Crippen LogP contribution in [0.15, 0.2) is 45.7 Å². The summed E-state index contributed by atoms with van der Waals surface area (Å²) >= 11 is 6.01. The molecular weight excluding hydrogens is 421 g/mol. The van der Waals surface area contributed by atoms with Crippen molar-refractivity contribution in [2.24, 2.45) is 0 Å². The van der Waals surface area contributed by atoms with Crippen LogP contribution < -0.4 is 0 Å². The van der Waals surface area contributed by atoms with E-state index in [-0.39, 0.29) is 32.7 Å². The number of aliphatic carboxylic acids is 2. The Labute approximate surface area is 173 Å². The lowest BCUT2D eigenvalue weighted by Gasteiger charge is -2.22. The second-order valence-corrected chi connectivity index (χ2v) is 7.70. The zero-order chi connectivity index (χ0) is 21.1. The van der Waals surface area contributed by atoms with E-state index in [4.69, 9.17) is 21.7 Å². The number of carboxylic acid groups (broad SMARTS) is 2. The number of thioether (sulfide) groups is 1. The van der Waals surface area contributed by atoms with Crippen LogP contribution in [-0.2, 0) is 14.4 Å². The van der Waals surface area contributed by atoms with Gasteiger partial charge in [-0.25, -0.2) is 9.18 Å².